The van der Waals surface area contributed by atoms with Crippen molar-refractivity contribution in [3.63, 3.8) is 0 Å². The summed E-state index contributed by atoms with van der Waals surface area (Å²) in [5.74, 6) is 0.773. The third-order valence-electron chi connectivity index (χ3n) is 3.72. The van der Waals surface area contributed by atoms with Crippen LogP contribution in [-0.4, -0.2) is 53.6 Å². The Morgan fingerprint density at radius 3 is 2.36 bits per heavy atom. The number of methoxy groups -OCH3 is 2. The first kappa shape index (κ1) is 21.8. The average molecular weight is 429 g/mol. The molecule has 0 saturated heterocycles. The highest BCUT2D eigenvalue weighted by molar-refractivity contribution is 7.89. The van der Waals surface area contributed by atoms with Crippen LogP contribution in [0.2, 0.25) is 5.02 Å². The quantitative estimate of drug-likeness (QED) is 0.694. The number of rotatable bonds is 8. The van der Waals surface area contributed by atoms with Crippen LogP contribution < -0.4 is 19.5 Å². The van der Waals surface area contributed by atoms with E-state index in [0.717, 1.165) is 4.31 Å². The summed E-state index contributed by atoms with van der Waals surface area (Å²) in [6, 6.07) is 9.00. The summed E-state index contributed by atoms with van der Waals surface area (Å²) in [7, 11) is 2.24. The third-order valence-corrected chi connectivity index (χ3v) is 5.83. The predicted octanol–water partition coefficient (Wildman–Crippen LogP) is 2.63. The maximum atomic E-state index is 12.2. The number of carbonyl (C=O) groups excluding carboxylic acids is 1. The summed E-state index contributed by atoms with van der Waals surface area (Å²) < 4.78 is 41.0. The van der Waals surface area contributed by atoms with Gasteiger partial charge < -0.3 is 19.5 Å². The first-order valence-corrected chi connectivity index (χ1v) is 9.87. The van der Waals surface area contributed by atoms with E-state index in [4.69, 9.17) is 25.8 Å². The molecule has 0 saturated carbocycles. The smallest absolute Gasteiger partial charge is 0.262 e. The number of nitrogens with one attached hydrogen (secondary N) is 1. The van der Waals surface area contributed by atoms with E-state index < -0.39 is 15.9 Å². The van der Waals surface area contributed by atoms with Crippen LogP contribution in [0.5, 0.6) is 17.2 Å². The van der Waals surface area contributed by atoms with Crippen molar-refractivity contribution in [1.29, 1.82) is 0 Å². The topological polar surface area (TPSA) is 94.2 Å². The van der Waals surface area contributed by atoms with Crippen molar-refractivity contribution in [2.24, 2.45) is 0 Å². The van der Waals surface area contributed by atoms with E-state index in [-0.39, 0.29) is 22.3 Å². The lowest BCUT2D eigenvalue weighted by atomic mass is 10.2. The number of carbonyl (C=O) groups is 1. The van der Waals surface area contributed by atoms with Crippen LogP contribution in [0.4, 0.5) is 5.69 Å². The number of sulfonamides is 1. The highest BCUT2D eigenvalue weighted by Gasteiger charge is 2.19. The minimum absolute atomic E-state index is 0.0299. The average Bonchev–Trinajstić information content (AvgIpc) is 2.67. The number of benzene rings is 2. The van der Waals surface area contributed by atoms with Crippen LogP contribution >= 0.6 is 11.6 Å². The van der Waals surface area contributed by atoms with Crippen molar-refractivity contribution in [1.82, 2.24) is 4.31 Å². The molecule has 0 aliphatic rings. The molecule has 1 amide bonds. The van der Waals surface area contributed by atoms with Gasteiger partial charge in [0, 0.05) is 20.2 Å². The Morgan fingerprint density at radius 2 is 1.79 bits per heavy atom. The van der Waals surface area contributed by atoms with Gasteiger partial charge >= 0.3 is 0 Å². The Labute approximate surface area is 169 Å². The zero-order valence-corrected chi connectivity index (χ0v) is 17.4. The summed E-state index contributed by atoms with van der Waals surface area (Å²) >= 11 is 6.09. The zero-order valence-electron chi connectivity index (χ0n) is 15.9. The normalized spacial score (nSPS) is 11.2. The largest absolute Gasteiger partial charge is 0.497 e. The van der Waals surface area contributed by atoms with Crippen molar-refractivity contribution in [3.05, 3.63) is 41.4 Å². The minimum Gasteiger partial charge on any atom is -0.497 e. The summed E-state index contributed by atoms with van der Waals surface area (Å²) in [4.78, 5) is 12.2. The number of hydrogen-bond acceptors (Lipinski definition) is 6. The van der Waals surface area contributed by atoms with E-state index in [2.05, 4.69) is 5.32 Å². The first-order chi connectivity index (χ1) is 13.2. The zero-order chi connectivity index (χ0) is 20.9. The molecule has 0 fully saturated rings. The number of amides is 1. The number of anilines is 1. The summed E-state index contributed by atoms with van der Waals surface area (Å²) in [6.07, 6.45) is 0. The number of hydrogen-bond donors (Lipinski definition) is 1. The van der Waals surface area contributed by atoms with Crippen molar-refractivity contribution in [2.45, 2.75) is 4.90 Å². The van der Waals surface area contributed by atoms with Gasteiger partial charge in [-0.1, -0.05) is 11.6 Å². The fraction of sp³-hybridized carbons (Fsp3) is 0.278. The van der Waals surface area contributed by atoms with Crippen molar-refractivity contribution in [2.75, 3.05) is 40.2 Å². The lowest BCUT2D eigenvalue weighted by Gasteiger charge is -2.14. The van der Waals surface area contributed by atoms with Gasteiger partial charge in [0.25, 0.3) is 5.91 Å². The molecule has 0 unspecified atom stereocenters. The highest BCUT2D eigenvalue weighted by Crippen LogP contribution is 2.30. The van der Waals surface area contributed by atoms with Crippen LogP contribution in [0.1, 0.15) is 0 Å². The van der Waals surface area contributed by atoms with Gasteiger partial charge in [0.05, 0.1) is 29.8 Å². The number of nitrogens with zero attached hydrogens (tertiary/aromatic N) is 1. The predicted molar refractivity (Wildman–Crippen MR) is 106 cm³/mol. The second-order valence-electron chi connectivity index (χ2n) is 5.78. The molecule has 0 bridgehead atoms. The van der Waals surface area contributed by atoms with E-state index >= 15 is 0 Å². The van der Waals surface area contributed by atoms with Gasteiger partial charge in [0.2, 0.25) is 10.0 Å². The molecule has 2 aromatic carbocycles. The lowest BCUT2D eigenvalue weighted by molar-refractivity contribution is -0.118. The van der Waals surface area contributed by atoms with Crippen molar-refractivity contribution < 1.29 is 27.4 Å². The van der Waals surface area contributed by atoms with E-state index in [9.17, 15) is 13.2 Å². The molecule has 0 aromatic heterocycles. The van der Waals surface area contributed by atoms with Gasteiger partial charge in [0.1, 0.15) is 17.2 Å². The Morgan fingerprint density at radius 1 is 1.07 bits per heavy atom. The number of halogens is 1. The molecule has 0 heterocycles. The molecule has 10 heteroatoms. The first-order valence-electron chi connectivity index (χ1n) is 8.05. The highest BCUT2D eigenvalue weighted by atomic mass is 35.5. The summed E-state index contributed by atoms with van der Waals surface area (Å²) in [5, 5.41) is 2.74. The van der Waals surface area contributed by atoms with Gasteiger partial charge in [-0.05, 0) is 30.3 Å². The molecule has 2 aromatic rings. The van der Waals surface area contributed by atoms with E-state index in [1.807, 2.05) is 0 Å². The van der Waals surface area contributed by atoms with Gasteiger partial charge in [-0.25, -0.2) is 12.7 Å². The van der Waals surface area contributed by atoms with Gasteiger partial charge in [-0.3, -0.25) is 4.79 Å². The van der Waals surface area contributed by atoms with Crippen molar-refractivity contribution >= 4 is 33.2 Å². The Hall–Kier alpha value is -2.49. The van der Waals surface area contributed by atoms with Crippen LogP contribution in [0.15, 0.2) is 41.3 Å². The van der Waals surface area contributed by atoms with E-state index in [1.165, 1.54) is 46.5 Å². The fourth-order valence-corrected chi connectivity index (χ4v) is 3.43. The second kappa shape index (κ2) is 9.13. The van der Waals surface area contributed by atoms with E-state index in [1.54, 1.807) is 18.2 Å². The molecule has 0 atom stereocenters. The molecule has 2 rings (SSSR count). The molecule has 0 aliphatic carbocycles. The third kappa shape index (κ3) is 5.06. The van der Waals surface area contributed by atoms with Crippen molar-refractivity contribution in [3.8, 4) is 17.2 Å². The summed E-state index contributed by atoms with van der Waals surface area (Å²) in [6.45, 7) is -0.325. The van der Waals surface area contributed by atoms with Gasteiger partial charge in [-0.15, -0.1) is 0 Å². The SMILES string of the molecule is COc1ccc(NC(=O)COc2ccc(S(=O)(=O)N(C)C)cc2Cl)c(OC)c1. The molecule has 152 valence electrons. The second-order valence-corrected chi connectivity index (χ2v) is 8.34. The van der Waals surface area contributed by atoms with E-state index in [0.29, 0.717) is 17.2 Å². The molecule has 0 radical (unpaired) electrons. The monoisotopic (exact) mass is 428 g/mol. The fourth-order valence-electron chi connectivity index (χ4n) is 2.20. The lowest BCUT2D eigenvalue weighted by Crippen LogP contribution is -2.22. The molecule has 28 heavy (non-hydrogen) atoms. The van der Waals surface area contributed by atoms with Crippen LogP contribution in [-0.2, 0) is 14.8 Å². The molecular formula is C18H21ClN2O6S. The van der Waals surface area contributed by atoms with Gasteiger partial charge in [-0.2, -0.15) is 0 Å². The minimum atomic E-state index is -3.61. The Bertz CT molecular complexity index is 963. The Balaban J connectivity index is 2.05. The van der Waals surface area contributed by atoms with Crippen LogP contribution in [0.3, 0.4) is 0 Å². The van der Waals surface area contributed by atoms with Gasteiger partial charge in [0.15, 0.2) is 6.61 Å². The maximum Gasteiger partial charge on any atom is 0.262 e. The molecule has 0 aliphatic heterocycles. The maximum absolute atomic E-state index is 12.2. The summed E-state index contributed by atoms with van der Waals surface area (Å²) in [5.41, 5.74) is 0.454. The Kier molecular flexibility index (Phi) is 7.11. The number of ether oxygens (including phenoxy) is 3. The molecule has 1 N–H and O–H groups in total. The van der Waals surface area contributed by atoms with Crippen LogP contribution in [0.25, 0.3) is 0 Å². The molecule has 0 spiro atoms. The molecule has 8 nitrogen and oxygen atoms in total. The standard InChI is InChI=1S/C18H21ClN2O6S/c1-21(2)28(23,24)13-6-8-16(14(19)10-13)27-11-18(22)20-15-7-5-12(25-3)9-17(15)26-4/h5-10H,11H2,1-4H3,(H,20,22). The van der Waals surface area contributed by atoms with Crippen LogP contribution in [0, 0.1) is 0 Å². The molecular weight excluding hydrogens is 408 g/mol.